The first kappa shape index (κ1) is 23.1. The second-order valence-electron chi connectivity index (χ2n) is 6.91. The minimum atomic E-state index is -1.23. The van der Waals surface area contributed by atoms with Gasteiger partial charge in [-0.15, -0.1) is 0 Å². The van der Waals surface area contributed by atoms with Gasteiger partial charge < -0.3 is 24.1 Å². The summed E-state index contributed by atoms with van der Waals surface area (Å²) in [5.74, 6) is 1.34. The SMILES string of the molecule is COc1ccc(C(O)OCc2ccc([N+](=O)[O-])cc2OCCc2ccccc2)cc1OC. The maximum Gasteiger partial charge on any atom is 0.273 e. The van der Waals surface area contributed by atoms with Crippen LogP contribution in [0.1, 0.15) is 23.0 Å². The molecule has 3 aromatic carbocycles. The number of hydrogen-bond acceptors (Lipinski definition) is 7. The molecule has 0 fully saturated rings. The molecule has 32 heavy (non-hydrogen) atoms. The van der Waals surface area contributed by atoms with Crippen molar-refractivity contribution in [2.45, 2.75) is 19.3 Å². The molecule has 1 unspecified atom stereocenters. The normalized spacial score (nSPS) is 11.6. The van der Waals surface area contributed by atoms with Gasteiger partial charge in [0, 0.05) is 23.6 Å². The highest BCUT2D eigenvalue weighted by atomic mass is 16.6. The van der Waals surface area contributed by atoms with E-state index < -0.39 is 11.2 Å². The fourth-order valence-corrected chi connectivity index (χ4v) is 3.11. The zero-order valence-electron chi connectivity index (χ0n) is 17.9. The topological polar surface area (TPSA) is 100 Å². The van der Waals surface area contributed by atoms with Crippen LogP contribution >= 0.6 is 0 Å². The number of nitro groups is 1. The van der Waals surface area contributed by atoms with Crippen molar-refractivity contribution in [1.29, 1.82) is 0 Å². The van der Waals surface area contributed by atoms with Crippen molar-refractivity contribution in [3.8, 4) is 17.2 Å². The molecule has 0 heterocycles. The largest absolute Gasteiger partial charge is 0.493 e. The van der Waals surface area contributed by atoms with Gasteiger partial charge in [0.15, 0.2) is 17.8 Å². The van der Waals surface area contributed by atoms with Crippen LogP contribution in [0, 0.1) is 10.1 Å². The van der Waals surface area contributed by atoms with E-state index >= 15 is 0 Å². The maximum absolute atomic E-state index is 11.2. The lowest BCUT2D eigenvalue weighted by Crippen LogP contribution is -2.07. The van der Waals surface area contributed by atoms with E-state index in [-0.39, 0.29) is 12.3 Å². The average molecular weight is 439 g/mol. The molecule has 0 radical (unpaired) electrons. The molecular formula is C24H25NO7. The lowest BCUT2D eigenvalue weighted by Gasteiger charge is -2.16. The van der Waals surface area contributed by atoms with Gasteiger partial charge in [-0.05, 0) is 23.8 Å². The molecule has 3 rings (SSSR count). The molecule has 0 aliphatic rings. The third kappa shape index (κ3) is 5.96. The summed E-state index contributed by atoms with van der Waals surface area (Å²) in [6.45, 7) is 0.338. The number of aliphatic hydroxyl groups is 1. The first-order valence-corrected chi connectivity index (χ1v) is 9.97. The average Bonchev–Trinajstić information content (AvgIpc) is 2.83. The van der Waals surface area contributed by atoms with Crippen LogP contribution in [0.25, 0.3) is 0 Å². The number of aliphatic hydroxyl groups excluding tert-OH is 1. The summed E-state index contributed by atoms with van der Waals surface area (Å²) in [4.78, 5) is 10.7. The summed E-state index contributed by atoms with van der Waals surface area (Å²) in [6, 6.07) is 19.1. The number of nitrogens with zero attached hydrogens (tertiary/aromatic N) is 1. The number of methoxy groups -OCH3 is 2. The van der Waals surface area contributed by atoms with E-state index in [9.17, 15) is 15.2 Å². The number of rotatable bonds is 11. The third-order valence-corrected chi connectivity index (χ3v) is 4.84. The Kier molecular flexibility index (Phi) is 8.02. The molecule has 0 aromatic heterocycles. The number of benzene rings is 3. The van der Waals surface area contributed by atoms with E-state index in [2.05, 4.69) is 0 Å². The molecule has 8 heteroatoms. The van der Waals surface area contributed by atoms with E-state index in [1.165, 1.54) is 26.4 Å². The van der Waals surface area contributed by atoms with Crippen LogP contribution < -0.4 is 14.2 Å². The van der Waals surface area contributed by atoms with Crippen molar-refractivity contribution in [1.82, 2.24) is 0 Å². The van der Waals surface area contributed by atoms with Crippen LogP contribution in [0.3, 0.4) is 0 Å². The quantitative estimate of drug-likeness (QED) is 0.268. The summed E-state index contributed by atoms with van der Waals surface area (Å²) < 4.78 is 21.9. The Morgan fingerprint density at radius 3 is 2.38 bits per heavy atom. The van der Waals surface area contributed by atoms with Gasteiger partial charge in [-0.25, -0.2) is 0 Å². The molecule has 3 aromatic rings. The van der Waals surface area contributed by atoms with Gasteiger partial charge in [-0.1, -0.05) is 36.4 Å². The predicted molar refractivity (Wildman–Crippen MR) is 118 cm³/mol. The monoisotopic (exact) mass is 439 g/mol. The second-order valence-corrected chi connectivity index (χ2v) is 6.91. The van der Waals surface area contributed by atoms with Crippen molar-refractivity contribution in [2.24, 2.45) is 0 Å². The number of nitro benzene ring substituents is 1. The van der Waals surface area contributed by atoms with E-state index in [4.69, 9.17) is 18.9 Å². The molecule has 8 nitrogen and oxygen atoms in total. The maximum atomic E-state index is 11.2. The summed E-state index contributed by atoms with van der Waals surface area (Å²) in [5.41, 5.74) is 2.09. The van der Waals surface area contributed by atoms with Gasteiger partial charge in [0.05, 0.1) is 38.4 Å². The Morgan fingerprint density at radius 2 is 1.69 bits per heavy atom. The fraction of sp³-hybridized carbons (Fsp3) is 0.250. The Hall–Kier alpha value is -3.62. The van der Waals surface area contributed by atoms with Gasteiger partial charge in [0.1, 0.15) is 5.75 Å². The van der Waals surface area contributed by atoms with Crippen molar-refractivity contribution in [3.63, 3.8) is 0 Å². The van der Waals surface area contributed by atoms with E-state index in [1.54, 1.807) is 24.3 Å². The number of ether oxygens (including phenoxy) is 4. The lowest BCUT2D eigenvalue weighted by atomic mass is 10.1. The molecule has 0 bridgehead atoms. The Balaban J connectivity index is 1.70. The Morgan fingerprint density at radius 1 is 0.938 bits per heavy atom. The van der Waals surface area contributed by atoms with Gasteiger partial charge in [0.25, 0.3) is 5.69 Å². The van der Waals surface area contributed by atoms with Crippen molar-refractivity contribution < 1.29 is 29.0 Å². The Labute approximate surface area is 186 Å². The van der Waals surface area contributed by atoms with Crippen molar-refractivity contribution in [2.75, 3.05) is 20.8 Å². The summed E-state index contributed by atoms with van der Waals surface area (Å²) in [5, 5.41) is 21.6. The van der Waals surface area contributed by atoms with Crippen LogP contribution in [0.15, 0.2) is 66.7 Å². The smallest absolute Gasteiger partial charge is 0.273 e. The molecule has 0 aliphatic heterocycles. The van der Waals surface area contributed by atoms with Crippen LogP contribution in [0.5, 0.6) is 17.2 Å². The standard InChI is InChI=1S/C24H25NO7/c1-29-21-11-9-18(14-23(21)30-2)24(26)32-16-19-8-10-20(25(27)28)15-22(19)31-13-12-17-6-4-3-5-7-17/h3-11,14-15,24,26H,12-13,16H2,1-2H3. The molecule has 0 saturated carbocycles. The molecule has 0 aliphatic carbocycles. The highest BCUT2D eigenvalue weighted by molar-refractivity contribution is 5.45. The molecular weight excluding hydrogens is 414 g/mol. The second kappa shape index (κ2) is 11.1. The van der Waals surface area contributed by atoms with E-state index in [1.807, 2.05) is 30.3 Å². The first-order valence-electron chi connectivity index (χ1n) is 9.97. The Bertz CT molecular complexity index is 1040. The molecule has 1 atom stereocenters. The summed E-state index contributed by atoms with van der Waals surface area (Å²) in [6.07, 6.45) is -0.583. The van der Waals surface area contributed by atoms with Gasteiger partial charge >= 0.3 is 0 Å². The minimum absolute atomic E-state index is 0.00578. The zero-order valence-corrected chi connectivity index (χ0v) is 17.9. The van der Waals surface area contributed by atoms with Crippen molar-refractivity contribution >= 4 is 5.69 Å². The van der Waals surface area contributed by atoms with E-state index in [0.29, 0.717) is 41.4 Å². The van der Waals surface area contributed by atoms with Crippen LogP contribution in [-0.4, -0.2) is 30.9 Å². The van der Waals surface area contributed by atoms with E-state index in [0.717, 1.165) is 5.56 Å². The number of non-ortho nitro benzene ring substituents is 1. The minimum Gasteiger partial charge on any atom is -0.493 e. The van der Waals surface area contributed by atoms with Crippen LogP contribution in [0.4, 0.5) is 5.69 Å². The lowest BCUT2D eigenvalue weighted by molar-refractivity contribution is -0.385. The summed E-state index contributed by atoms with van der Waals surface area (Å²) >= 11 is 0. The molecule has 1 N–H and O–H groups in total. The third-order valence-electron chi connectivity index (χ3n) is 4.84. The van der Waals surface area contributed by atoms with Gasteiger partial charge in [-0.2, -0.15) is 0 Å². The molecule has 168 valence electrons. The highest BCUT2D eigenvalue weighted by Gasteiger charge is 2.16. The fourth-order valence-electron chi connectivity index (χ4n) is 3.11. The molecule has 0 spiro atoms. The van der Waals surface area contributed by atoms with Gasteiger partial charge in [0.2, 0.25) is 0 Å². The molecule has 0 amide bonds. The zero-order chi connectivity index (χ0) is 22.9. The van der Waals surface area contributed by atoms with Crippen LogP contribution in [-0.2, 0) is 17.8 Å². The summed E-state index contributed by atoms with van der Waals surface area (Å²) in [7, 11) is 3.03. The number of hydrogen-bond donors (Lipinski definition) is 1. The van der Waals surface area contributed by atoms with Gasteiger partial charge in [-0.3, -0.25) is 10.1 Å². The van der Waals surface area contributed by atoms with Crippen LogP contribution in [0.2, 0.25) is 0 Å². The molecule has 0 saturated heterocycles. The van der Waals surface area contributed by atoms with Crippen molar-refractivity contribution in [3.05, 3.63) is 93.5 Å². The first-order chi connectivity index (χ1) is 15.5. The predicted octanol–water partition coefficient (Wildman–Crippen LogP) is 4.44. The highest BCUT2D eigenvalue weighted by Crippen LogP contribution is 2.32.